The van der Waals surface area contributed by atoms with Crippen molar-refractivity contribution < 1.29 is 42.9 Å². The summed E-state index contributed by atoms with van der Waals surface area (Å²) >= 11 is 0. The van der Waals surface area contributed by atoms with Crippen LogP contribution in [0.3, 0.4) is 0 Å². The van der Waals surface area contributed by atoms with E-state index < -0.39 is 41.2 Å². The second-order valence-electron chi connectivity index (χ2n) is 15.7. The lowest BCUT2D eigenvalue weighted by Gasteiger charge is -2.34. The molecule has 1 aliphatic rings. The maximum Gasteiger partial charge on any atom is 0.410 e. The monoisotopic (exact) mass is 734 g/mol. The molecule has 52 heavy (non-hydrogen) atoms. The third-order valence-corrected chi connectivity index (χ3v) is 7.34. The number of carbonyl (C=O) groups is 5. The van der Waals surface area contributed by atoms with Crippen molar-refractivity contribution in [2.24, 2.45) is 0 Å². The lowest BCUT2D eigenvalue weighted by Crippen LogP contribution is -2.48. The second kappa shape index (κ2) is 20.7. The Bertz CT molecular complexity index is 1290. The molecule has 1 heterocycles. The zero-order valence-corrected chi connectivity index (χ0v) is 32.7. The molecule has 0 aliphatic carbocycles. The Morgan fingerprint density at radius 1 is 0.577 bits per heavy atom. The van der Waals surface area contributed by atoms with Crippen LogP contribution in [0.25, 0.3) is 0 Å². The van der Waals surface area contributed by atoms with Gasteiger partial charge in [-0.1, -0.05) is 30.3 Å². The smallest absolute Gasteiger partial charge is 0.410 e. The summed E-state index contributed by atoms with van der Waals surface area (Å²) in [5.74, 6) is -0.263. The predicted molar refractivity (Wildman–Crippen MR) is 197 cm³/mol. The number of hydrogen-bond donors (Lipinski definition) is 2. The maximum atomic E-state index is 13.3. The molecule has 15 heteroatoms. The summed E-state index contributed by atoms with van der Waals surface area (Å²) in [6.45, 7) is 19.0. The van der Waals surface area contributed by atoms with Crippen LogP contribution in [0, 0.1) is 0 Å². The molecule has 1 aromatic rings. The summed E-state index contributed by atoms with van der Waals surface area (Å²) in [5.41, 5.74) is -1.29. The Morgan fingerprint density at radius 2 is 1.00 bits per heavy atom. The largest absolute Gasteiger partial charge is 0.445 e. The SMILES string of the molecule is CC(C)(C)OC(=O)N1CCCN(C(=O)OC(C)(C)C)CCN(C(=O)OC(C)(C)C)CCCN(CC(=O)NCCNC(=O)OCc2ccccc2)CC1. The van der Waals surface area contributed by atoms with Crippen LogP contribution in [0.4, 0.5) is 19.2 Å². The van der Waals surface area contributed by atoms with Gasteiger partial charge in [0, 0.05) is 65.4 Å². The van der Waals surface area contributed by atoms with E-state index in [2.05, 4.69) is 10.6 Å². The number of amides is 5. The van der Waals surface area contributed by atoms with Gasteiger partial charge in [0.15, 0.2) is 0 Å². The molecule has 0 unspecified atom stereocenters. The molecule has 0 saturated carbocycles. The zero-order valence-electron chi connectivity index (χ0n) is 32.7. The zero-order chi connectivity index (χ0) is 39.0. The third kappa shape index (κ3) is 19.4. The number of benzene rings is 1. The minimum Gasteiger partial charge on any atom is -0.445 e. The van der Waals surface area contributed by atoms with Crippen LogP contribution in [0.15, 0.2) is 30.3 Å². The van der Waals surface area contributed by atoms with E-state index in [1.807, 2.05) is 35.2 Å². The van der Waals surface area contributed by atoms with Crippen molar-refractivity contribution in [2.45, 2.75) is 98.6 Å². The first-order valence-corrected chi connectivity index (χ1v) is 18.1. The first-order chi connectivity index (χ1) is 24.2. The number of ether oxygens (including phenoxy) is 4. The quantitative estimate of drug-likeness (QED) is 0.293. The highest BCUT2D eigenvalue weighted by atomic mass is 16.6. The molecule has 1 saturated heterocycles. The van der Waals surface area contributed by atoms with Gasteiger partial charge in [0.2, 0.25) is 5.91 Å². The molecule has 0 spiro atoms. The van der Waals surface area contributed by atoms with Gasteiger partial charge in [-0.25, -0.2) is 19.2 Å². The van der Waals surface area contributed by atoms with Gasteiger partial charge in [0.25, 0.3) is 0 Å². The van der Waals surface area contributed by atoms with Crippen LogP contribution in [0.2, 0.25) is 0 Å². The summed E-state index contributed by atoms with van der Waals surface area (Å²) < 4.78 is 22.2. The third-order valence-electron chi connectivity index (χ3n) is 7.34. The molecule has 15 nitrogen and oxygen atoms in total. The van der Waals surface area contributed by atoms with Crippen LogP contribution in [0.5, 0.6) is 0 Å². The summed E-state index contributed by atoms with van der Waals surface area (Å²) in [4.78, 5) is 71.5. The minimum absolute atomic E-state index is 0.0273. The number of carbonyl (C=O) groups excluding carboxylic acids is 5. The van der Waals surface area contributed by atoms with Crippen molar-refractivity contribution in [3.05, 3.63) is 35.9 Å². The first kappa shape index (κ1) is 43.9. The van der Waals surface area contributed by atoms with Crippen LogP contribution in [-0.2, 0) is 30.3 Å². The molecular weight excluding hydrogens is 672 g/mol. The average molecular weight is 735 g/mol. The number of hydrogen-bond acceptors (Lipinski definition) is 10. The lowest BCUT2D eigenvalue weighted by molar-refractivity contribution is -0.122. The van der Waals surface area contributed by atoms with Crippen molar-refractivity contribution >= 4 is 30.3 Å². The Morgan fingerprint density at radius 3 is 1.46 bits per heavy atom. The van der Waals surface area contributed by atoms with Gasteiger partial charge in [0.1, 0.15) is 23.4 Å². The highest BCUT2D eigenvalue weighted by Gasteiger charge is 2.28. The normalized spacial score (nSPS) is 15.9. The molecule has 0 radical (unpaired) electrons. The standard InChI is InChI=1S/C37H62N6O9/c1-35(2,3)50-32(46)41-21-14-22-43(34(48)52-37(7,8)9)26-25-42(33(47)51-36(4,5)6)20-13-19-40(23-24-41)27-30(44)38-17-18-39-31(45)49-28-29-15-11-10-12-16-29/h10-12,15-16H,13-14,17-28H2,1-9H3,(H,38,44)(H,39,45). The van der Waals surface area contributed by atoms with Gasteiger partial charge in [-0.05, 0) is 80.7 Å². The average Bonchev–Trinajstić information content (AvgIpc) is 3.01. The van der Waals surface area contributed by atoms with E-state index in [0.29, 0.717) is 32.5 Å². The highest BCUT2D eigenvalue weighted by Crippen LogP contribution is 2.15. The Labute approximate surface area is 309 Å². The molecular formula is C37H62N6O9. The van der Waals surface area contributed by atoms with Crippen molar-refractivity contribution in [3.8, 4) is 0 Å². The Kier molecular flexibility index (Phi) is 17.5. The van der Waals surface area contributed by atoms with E-state index in [4.69, 9.17) is 18.9 Å². The molecule has 294 valence electrons. The van der Waals surface area contributed by atoms with E-state index in [1.165, 1.54) is 0 Å². The molecule has 2 rings (SSSR count). The van der Waals surface area contributed by atoms with E-state index in [-0.39, 0.29) is 64.9 Å². The number of alkyl carbamates (subject to hydrolysis) is 1. The lowest BCUT2D eigenvalue weighted by atomic mass is 10.2. The van der Waals surface area contributed by atoms with Crippen LogP contribution in [-0.4, -0.2) is 139 Å². The first-order valence-electron chi connectivity index (χ1n) is 18.1. The van der Waals surface area contributed by atoms with E-state index in [1.54, 1.807) is 77.0 Å². The number of rotatable bonds is 7. The van der Waals surface area contributed by atoms with Crippen molar-refractivity contribution in [2.75, 3.05) is 72.0 Å². The van der Waals surface area contributed by atoms with Gasteiger partial charge in [-0.2, -0.15) is 0 Å². The molecule has 1 aromatic carbocycles. The molecule has 0 aromatic heterocycles. The highest BCUT2D eigenvalue weighted by molar-refractivity contribution is 5.78. The van der Waals surface area contributed by atoms with Gasteiger partial charge >= 0.3 is 24.4 Å². The molecule has 5 amide bonds. The van der Waals surface area contributed by atoms with E-state index in [9.17, 15) is 24.0 Å². The fraction of sp³-hybridized carbons (Fsp3) is 0.703. The molecule has 0 bridgehead atoms. The van der Waals surface area contributed by atoms with Crippen molar-refractivity contribution in [3.63, 3.8) is 0 Å². The predicted octanol–water partition coefficient (Wildman–Crippen LogP) is 4.84. The Hall–Kier alpha value is -4.27. The van der Waals surface area contributed by atoms with E-state index >= 15 is 0 Å². The summed E-state index contributed by atoms with van der Waals surface area (Å²) in [5, 5.41) is 5.45. The second-order valence-corrected chi connectivity index (χ2v) is 15.7. The summed E-state index contributed by atoms with van der Waals surface area (Å²) in [7, 11) is 0. The number of nitrogens with one attached hydrogen (secondary N) is 2. The fourth-order valence-electron chi connectivity index (χ4n) is 4.97. The van der Waals surface area contributed by atoms with Gasteiger partial charge in [-0.3, -0.25) is 9.69 Å². The Balaban J connectivity index is 2.13. The van der Waals surface area contributed by atoms with Gasteiger partial charge in [0.05, 0.1) is 6.54 Å². The van der Waals surface area contributed by atoms with Crippen LogP contribution in [0.1, 0.15) is 80.7 Å². The molecule has 1 fully saturated rings. The topological polar surface area (TPSA) is 159 Å². The molecule has 0 atom stereocenters. The summed E-state index contributed by atoms with van der Waals surface area (Å²) in [6.07, 6.45) is -1.18. The van der Waals surface area contributed by atoms with Gasteiger partial charge < -0.3 is 44.3 Å². The number of nitrogens with zero attached hydrogens (tertiary/aromatic N) is 4. The van der Waals surface area contributed by atoms with Crippen molar-refractivity contribution in [1.82, 2.24) is 30.2 Å². The van der Waals surface area contributed by atoms with Crippen molar-refractivity contribution in [1.29, 1.82) is 0 Å². The minimum atomic E-state index is -0.718. The van der Waals surface area contributed by atoms with Crippen LogP contribution < -0.4 is 10.6 Å². The summed E-state index contributed by atoms with van der Waals surface area (Å²) in [6, 6.07) is 9.32. The van der Waals surface area contributed by atoms with Crippen LogP contribution >= 0.6 is 0 Å². The fourth-order valence-corrected chi connectivity index (χ4v) is 4.97. The molecule has 1 aliphatic heterocycles. The van der Waals surface area contributed by atoms with E-state index in [0.717, 1.165) is 5.56 Å². The van der Waals surface area contributed by atoms with Gasteiger partial charge in [-0.15, -0.1) is 0 Å². The molecule has 2 N–H and O–H groups in total. The maximum absolute atomic E-state index is 13.3.